The zero-order valence-corrected chi connectivity index (χ0v) is 10.5. The number of unbranched alkanes of at least 4 members (excludes halogenated alkanes) is 1. The van der Waals surface area contributed by atoms with E-state index in [1.54, 1.807) is 6.07 Å². The molecule has 0 saturated carbocycles. The van der Waals surface area contributed by atoms with Crippen LogP contribution in [-0.2, 0) is 16.6 Å². The molecule has 0 N–H and O–H groups in total. The van der Waals surface area contributed by atoms with E-state index in [4.69, 9.17) is 0 Å². The molecule has 1 rings (SSSR count). The Balaban J connectivity index is 3.25. The van der Waals surface area contributed by atoms with Crippen molar-refractivity contribution in [1.82, 2.24) is 4.57 Å². The van der Waals surface area contributed by atoms with Crippen molar-refractivity contribution < 1.29 is 21.6 Å². The van der Waals surface area contributed by atoms with Gasteiger partial charge in [0.1, 0.15) is 5.49 Å². The van der Waals surface area contributed by atoms with E-state index in [-0.39, 0.29) is 5.49 Å². The molecule has 102 valence electrons. The molecule has 0 aliphatic heterocycles. The Morgan fingerprint density at radius 3 is 2.56 bits per heavy atom. The number of hydrogen-bond donors (Lipinski definition) is 0. The van der Waals surface area contributed by atoms with Gasteiger partial charge in [0.2, 0.25) is 0 Å². The third-order valence-electron chi connectivity index (χ3n) is 2.18. The summed E-state index contributed by atoms with van der Waals surface area (Å²) in [4.78, 5) is 0. The average Bonchev–Trinajstić information content (AvgIpc) is 2.26. The zero-order chi connectivity index (χ0) is 13.8. The summed E-state index contributed by atoms with van der Waals surface area (Å²) in [5.74, 6) is 0. The van der Waals surface area contributed by atoms with E-state index in [9.17, 15) is 21.6 Å². The van der Waals surface area contributed by atoms with Crippen molar-refractivity contribution in [2.45, 2.75) is 31.8 Å². The van der Waals surface area contributed by atoms with Crippen LogP contribution in [0.4, 0.5) is 13.2 Å². The Kier molecular flexibility index (Phi) is 4.55. The maximum absolute atomic E-state index is 12.2. The minimum absolute atomic E-state index is 0.219. The summed E-state index contributed by atoms with van der Waals surface area (Å²) in [6.07, 6.45) is 3.07. The van der Waals surface area contributed by atoms with Crippen LogP contribution in [0.15, 0.2) is 28.8 Å². The maximum atomic E-state index is 12.2. The Hall–Kier alpha value is -1.31. The summed E-state index contributed by atoms with van der Waals surface area (Å²) < 4.78 is 62.7. The lowest BCUT2D eigenvalue weighted by molar-refractivity contribution is -0.0436. The monoisotopic (exact) mass is 282 g/mol. The summed E-state index contributed by atoms with van der Waals surface area (Å²) >= 11 is 0. The molecule has 8 heteroatoms. The van der Waals surface area contributed by atoms with Crippen LogP contribution >= 0.6 is 0 Å². The molecule has 1 aromatic heterocycles. The van der Waals surface area contributed by atoms with Gasteiger partial charge >= 0.3 is 15.5 Å². The molecule has 0 spiro atoms. The summed E-state index contributed by atoms with van der Waals surface area (Å²) in [6, 6.07) is 4.28. The van der Waals surface area contributed by atoms with Crippen molar-refractivity contribution in [2.24, 2.45) is 4.40 Å². The number of rotatable bonds is 4. The van der Waals surface area contributed by atoms with Crippen molar-refractivity contribution >= 4 is 10.0 Å². The molecular formula is C10H13F3N2O2S. The maximum Gasteiger partial charge on any atom is 0.518 e. The smallest absolute Gasteiger partial charge is 0.332 e. The summed E-state index contributed by atoms with van der Waals surface area (Å²) in [6.45, 7) is 2.34. The second kappa shape index (κ2) is 5.55. The highest BCUT2D eigenvalue weighted by molar-refractivity contribution is 7.90. The number of pyridine rings is 1. The van der Waals surface area contributed by atoms with Gasteiger partial charge in [0.15, 0.2) is 0 Å². The molecular weight excluding hydrogens is 269 g/mol. The number of aryl methyl sites for hydroxylation is 1. The molecule has 1 aromatic rings. The van der Waals surface area contributed by atoms with Crippen molar-refractivity contribution in [1.29, 1.82) is 0 Å². The minimum Gasteiger partial charge on any atom is -0.332 e. The van der Waals surface area contributed by atoms with Gasteiger partial charge in [-0.15, -0.1) is 4.40 Å². The van der Waals surface area contributed by atoms with Crippen LogP contribution in [0.3, 0.4) is 0 Å². The van der Waals surface area contributed by atoms with E-state index in [1.807, 2.05) is 6.92 Å². The van der Waals surface area contributed by atoms with Gasteiger partial charge in [-0.3, -0.25) is 0 Å². The first kappa shape index (κ1) is 14.7. The summed E-state index contributed by atoms with van der Waals surface area (Å²) in [5.41, 5.74) is -5.59. The number of hydrogen-bond acceptors (Lipinski definition) is 2. The van der Waals surface area contributed by atoms with Crippen LogP contribution in [0.2, 0.25) is 0 Å². The lowest BCUT2D eigenvalue weighted by Gasteiger charge is -2.07. The van der Waals surface area contributed by atoms with Crippen LogP contribution < -0.4 is 5.49 Å². The summed E-state index contributed by atoms with van der Waals surface area (Å²) in [7, 11) is -5.49. The standard InChI is InChI=1S/C10H13F3N2O2S/c1-2-3-7-15-8-5-4-6-9(15)14-18(16,17)10(11,12)13/h4-6,8H,2-3,7H2,1H3. The van der Waals surface area contributed by atoms with Crippen molar-refractivity contribution in [2.75, 3.05) is 0 Å². The predicted molar refractivity (Wildman–Crippen MR) is 59.9 cm³/mol. The fourth-order valence-corrected chi connectivity index (χ4v) is 1.76. The molecule has 0 amide bonds. The van der Waals surface area contributed by atoms with Crippen LogP contribution in [0.1, 0.15) is 19.8 Å². The topological polar surface area (TPSA) is 51.4 Å². The van der Waals surface area contributed by atoms with Gasteiger partial charge in [-0.05, 0) is 18.6 Å². The van der Waals surface area contributed by atoms with E-state index in [0.717, 1.165) is 12.8 Å². The van der Waals surface area contributed by atoms with Gasteiger partial charge in [-0.1, -0.05) is 19.4 Å². The average molecular weight is 282 g/mol. The minimum atomic E-state index is -5.49. The summed E-state index contributed by atoms with van der Waals surface area (Å²) in [5, 5.41) is 0. The van der Waals surface area contributed by atoms with Crippen molar-refractivity contribution in [3.63, 3.8) is 0 Å². The third kappa shape index (κ3) is 3.59. The second-order valence-electron chi connectivity index (χ2n) is 3.62. The van der Waals surface area contributed by atoms with Gasteiger partial charge in [-0.2, -0.15) is 21.6 Å². The molecule has 4 nitrogen and oxygen atoms in total. The van der Waals surface area contributed by atoms with Gasteiger partial charge in [0.25, 0.3) is 0 Å². The Bertz CT molecular complexity index is 561. The van der Waals surface area contributed by atoms with E-state index >= 15 is 0 Å². The largest absolute Gasteiger partial charge is 0.518 e. The number of alkyl halides is 3. The van der Waals surface area contributed by atoms with Gasteiger partial charge in [0, 0.05) is 12.7 Å². The predicted octanol–water partition coefficient (Wildman–Crippen LogP) is 2.04. The second-order valence-corrected chi connectivity index (χ2v) is 5.21. The van der Waals surface area contributed by atoms with Crippen molar-refractivity contribution in [3.05, 3.63) is 29.9 Å². The molecule has 1 heterocycles. The van der Waals surface area contributed by atoms with E-state index in [2.05, 4.69) is 4.40 Å². The molecule has 0 fully saturated rings. The molecule has 0 atom stereocenters. The first-order valence-electron chi connectivity index (χ1n) is 5.30. The third-order valence-corrected chi connectivity index (χ3v) is 3.19. The lowest BCUT2D eigenvalue weighted by atomic mass is 10.3. The zero-order valence-electron chi connectivity index (χ0n) is 9.68. The van der Waals surface area contributed by atoms with Crippen molar-refractivity contribution in [3.8, 4) is 0 Å². The SMILES string of the molecule is CCCCn1ccccc1=NS(=O)(=O)C(F)(F)F. The highest BCUT2D eigenvalue weighted by Crippen LogP contribution is 2.23. The van der Waals surface area contributed by atoms with Gasteiger partial charge < -0.3 is 4.57 Å². The number of nitrogens with zero attached hydrogens (tertiary/aromatic N) is 2. The molecule has 0 radical (unpaired) electrons. The number of aromatic nitrogens is 1. The Labute approximate surface area is 103 Å². The fourth-order valence-electron chi connectivity index (χ4n) is 1.24. The van der Waals surface area contributed by atoms with Crippen LogP contribution in [0, 0.1) is 0 Å². The normalized spacial score (nSPS) is 13.9. The van der Waals surface area contributed by atoms with Crippen LogP contribution in [-0.4, -0.2) is 18.5 Å². The highest BCUT2D eigenvalue weighted by atomic mass is 32.2. The molecule has 0 saturated heterocycles. The molecule has 0 aromatic carbocycles. The molecule has 18 heavy (non-hydrogen) atoms. The highest BCUT2D eigenvalue weighted by Gasteiger charge is 2.45. The van der Waals surface area contributed by atoms with Crippen LogP contribution in [0.5, 0.6) is 0 Å². The van der Waals surface area contributed by atoms with Gasteiger partial charge in [0.05, 0.1) is 0 Å². The van der Waals surface area contributed by atoms with E-state index in [0.29, 0.717) is 6.54 Å². The Morgan fingerprint density at radius 1 is 1.33 bits per heavy atom. The van der Waals surface area contributed by atoms with Crippen LogP contribution in [0.25, 0.3) is 0 Å². The number of halogens is 3. The lowest BCUT2D eigenvalue weighted by Crippen LogP contribution is -2.27. The quantitative estimate of drug-likeness (QED) is 0.848. The molecule has 0 aliphatic rings. The first-order valence-corrected chi connectivity index (χ1v) is 6.74. The van der Waals surface area contributed by atoms with E-state index in [1.165, 1.54) is 22.9 Å². The first-order chi connectivity index (χ1) is 8.28. The van der Waals surface area contributed by atoms with E-state index < -0.39 is 15.5 Å². The molecule has 0 unspecified atom stereocenters. The van der Waals surface area contributed by atoms with Gasteiger partial charge in [-0.25, -0.2) is 0 Å². The molecule has 0 aliphatic carbocycles. The number of sulfonamides is 1. The molecule has 0 bridgehead atoms. The Morgan fingerprint density at radius 2 is 2.00 bits per heavy atom. The fraction of sp³-hybridized carbons (Fsp3) is 0.500.